The maximum absolute atomic E-state index is 13.8. The van der Waals surface area contributed by atoms with Crippen molar-refractivity contribution in [2.24, 2.45) is 0 Å². The molecule has 0 aromatic heterocycles. The lowest BCUT2D eigenvalue weighted by atomic mass is 10.1. The molecule has 0 spiro atoms. The van der Waals surface area contributed by atoms with Gasteiger partial charge in [-0.3, -0.25) is 4.79 Å². The van der Waals surface area contributed by atoms with Crippen LogP contribution in [0.25, 0.3) is 0 Å². The van der Waals surface area contributed by atoms with Gasteiger partial charge in [-0.15, -0.1) is 0 Å². The highest BCUT2D eigenvalue weighted by molar-refractivity contribution is 9.10. The summed E-state index contributed by atoms with van der Waals surface area (Å²) in [5.41, 5.74) is 4.10. The molecule has 7 heteroatoms. The highest BCUT2D eigenvalue weighted by atomic mass is 79.9. The van der Waals surface area contributed by atoms with E-state index < -0.39 is 10.0 Å². The van der Waals surface area contributed by atoms with Gasteiger partial charge in [0.15, 0.2) is 0 Å². The predicted molar refractivity (Wildman–Crippen MR) is 135 cm³/mol. The topological polar surface area (TPSA) is 66.5 Å². The van der Waals surface area contributed by atoms with Crippen molar-refractivity contribution in [3.8, 4) is 0 Å². The summed E-state index contributed by atoms with van der Waals surface area (Å²) in [4.78, 5) is 13.2. The maximum Gasteiger partial charge on any atom is 0.244 e. The molecule has 1 atom stereocenters. The van der Waals surface area contributed by atoms with Crippen LogP contribution < -0.4 is 5.32 Å². The van der Waals surface area contributed by atoms with E-state index in [0.717, 1.165) is 21.2 Å². The van der Waals surface area contributed by atoms with Gasteiger partial charge in [0.2, 0.25) is 15.9 Å². The largest absolute Gasteiger partial charge is 0.348 e. The first-order valence-corrected chi connectivity index (χ1v) is 13.0. The van der Waals surface area contributed by atoms with Crippen LogP contribution >= 0.6 is 15.9 Å². The van der Waals surface area contributed by atoms with Crippen LogP contribution in [0.1, 0.15) is 40.8 Å². The second kappa shape index (κ2) is 10.6. The minimum absolute atomic E-state index is 0.106. The third-order valence-electron chi connectivity index (χ3n) is 5.45. The van der Waals surface area contributed by atoms with Crippen LogP contribution in [0.2, 0.25) is 0 Å². The zero-order valence-corrected chi connectivity index (χ0v) is 21.7. The molecule has 0 radical (unpaired) electrons. The molecule has 0 aliphatic carbocycles. The summed E-state index contributed by atoms with van der Waals surface area (Å²) in [5, 5.41) is 2.94. The Balaban J connectivity index is 1.91. The Hall–Kier alpha value is -2.48. The zero-order chi connectivity index (χ0) is 24.2. The highest BCUT2D eigenvalue weighted by Crippen LogP contribution is 2.26. The number of sulfonamides is 1. The molecular weight excluding hydrogens is 500 g/mol. The van der Waals surface area contributed by atoms with E-state index in [-0.39, 0.29) is 29.9 Å². The van der Waals surface area contributed by atoms with Crippen LogP contribution in [0.4, 0.5) is 0 Å². The second-order valence-corrected chi connectivity index (χ2v) is 11.1. The number of carbonyl (C=O) groups excluding carboxylic acids is 1. The van der Waals surface area contributed by atoms with Crippen molar-refractivity contribution in [2.75, 3.05) is 6.54 Å². The monoisotopic (exact) mass is 528 g/mol. The van der Waals surface area contributed by atoms with Gasteiger partial charge < -0.3 is 5.32 Å². The minimum atomic E-state index is -3.91. The quantitative estimate of drug-likeness (QED) is 0.423. The van der Waals surface area contributed by atoms with E-state index in [1.165, 1.54) is 4.31 Å². The number of amides is 1. The first-order valence-electron chi connectivity index (χ1n) is 10.7. The second-order valence-electron chi connectivity index (χ2n) is 8.33. The van der Waals surface area contributed by atoms with Crippen LogP contribution in [0.15, 0.2) is 76.1 Å². The third-order valence-corrected chi connectivity index (χ3v) is 8.04. The fourth-order valence-electron chi connectivity index (χ4n) is 4.02. The fourth-order valence-corrected chi connectivity index (χ4v) is 6.24. The van der Waals surface area contributed by atoms with Crippen molar-refractivity contribution < 1.29 is 13.2 Å². The van der Waals surface area contributed by atoms with E-state index in [0.29, 0.717) is 11.1 Å². The van der Waals surface area contributed by atoms with Gasteiger partial charge >= 0.3 is 0 Å². The molecule has 0 fully saturated rings. The summed E-state index contributed by atoms with van der Waals surface area (Å²) < 4.78 is 29.7. The average molecular weight is 530 g/mol. The van der Waals surface area contributed by atoms with Crippen LogP contribution in [0.3, 0.4) is 0 Å². The standard InChI is InChI=1S/C26H29BrN2O3S/c1-18-13-19(2)26(20(3)14-18)33(31,32)29(16-22-9-6-5-7-10-22)17-25(30)28-21(4)23-11-8-12-24(27)15-23/h5-15,21H,16-17H2,1-4H3,(H,28,30)/t21-/m1/s1. The van der Waals surface area contributed by atoms with Crippen molar-refractivity contribution in [1.29, 1.82) is 0 Å². The zero-order valence-electron chi connectivity index (χ0n) is 19.3. The number of hydrogen-bond acceptors (Lipinski definition) is 3. The number of benzene rings is 3. The molecule has 3 rings (SSSR count). The van der Waals surface area contributed by atoms with Gasteiger partial charge in [0.25, 0.3) is 0 Å². The van der Waals surface area contributed by atoms with Crippen molar-refractivity contribution in [2.45, 2.75) is 45.2 Å². The SMILES string of the molecule is Cc1cc(C)c(S(=O)(=O)N(CC(=O)N[C@H](C)c2cccc(Br)c2)Cc2ccccc2)c(C)c1. The molecule has 0 bridgehead atoms. The van der Waals surface area contributed by atoms with Crippen LogP contribution in [0.5, 0.6) is 0 Å². The van der Waals surface area contributed by atoms with Crippen LogP contribution in [-0.4, -0.2) is 25.2 Å². The summed E-state index contributed by atoms with van der Waals surface area (Å²) >= 11 is 3.44. The fraction of sp³-hybridized carbons (Fsp3) is 0.269. The van der Waals surface area contributed by atoms with Crippen LogP contribution in [0, 0.1) is 20.8 Å². The van der Waals surface area contributed by atoms with Gasteiger partial charge in [-0.1, -0.05) is 76.1 Å². The first kappa shape index (κ1) is 25.1. The summed E-state index contributed by atoms with van der Waals surface area (Å²) in [7, 11) is -3.91. The smallest absolute Gasteiger partial charge is 0.244 e. The van der Waals surface area contributed by atoms with Crippen molar-refractivity contribution >= 4 is 31.9 Å². The molecule has 3 aromatic carbocycles. The Labute approximate surface area is 205 Å². The molecule has 33 heavy (non-hydrogen) atoms. The molecule has 3 aromatic rings. The molecule has 0 saturated heterocycles. The van der Waals surface area contributed by atoms with E-state index >= 15 is 0 Å². The van der Waals surface area contributed by atoms with E-state index in [2.05, 4.69) is 21.2 Å². The molecular formula is C26H29BrN2O3S. The summed E-state index contributed by atoms with van der Waals surface area (Å²) in [6.07, 6.45) is 0. The molecule has 0 saturated carbocycles. The number of nitrogens with one attached hydrogen (secondary N) is 1. The maximum atomic E-state index is 13.8. The molecule has 0 heterocycles. The molecule has 0 aliphatic rings. The Morgan fingerprint density at radius 3 is 2.21 bits per heavy atom. The number of halogens is 1. The Bertz CT molecular complexity index is 1220. The van der Waals surface area contributed by atoms with Gasteiger partial charge in [0.05, 0.1) is 17.5 Å². The molecule has 0 aliphatic heterocycles. The summed E-state index contributed by atoms with van der Waals surface area (Å²) in [5.74, 6) is -0.357. The van der Waals surface area contributed by atoms with Crippen molar-refractivity contribution in [3.05, 3.63) is 99.0 Å². The molecule has 5 nitrogen and oxygen atoms in total. The summed E-state index contributed by atoms with van der Waals surface area (Å²) in [6, 6.07) is 20.4. The number of aryl methyl sites for hydroxylation is 3. The first-order chi connectivity index (χ1) is 15.6. The lowest BCUT2D eigenvalue weighted by molar-refractivity contribution is -0.122. The number of carbonyl (C=O) groups is 1. The van der Waals surface area contributed by atoms with Gasteiger partial charge in [-0.2, -0.15) is 4.31 Å². The molecule has 0 unspecified atom stereocenters. The van der Waals surface area contributed by atoms with Gasteiger partial charge in [0, 0.05) is 11.0 Å². The summed E-state index contributed by atoms with van der Waals surface area (Å²) in [6.45, 7) is 7.24. The molecule has 1 N–H and O–H groups in total. The molecule has 1 amide bonds. The highest BCUT2D eigenvalue weighted by Gasteiger charge is 2.30. The Kier molecular flexibility index (Phi) is 8.10. The van der Waals surface area contributed by atoms with E-state index in [4.69, 9.17) is 0 Å². The van der Waals surface area contributed by atoms with Gasteiger partial charge in [-0.05, 0) is 62.1 Å². The minimum Gasteiger partial charge on any atom is -0.348 e. The normalized spacial score (nSPS) is 12.5. The van der Waals surface area contributed by atoms with Gasteiger partial charge in [-0.25, -0.2) is 8.42 Å². The number of hydrogen-bond donors (Lipinski definition) is 1. The lowest BCUT2D eigenvalue weighted by Gasteiger charge is -2.25. The number of rotatable bonds is 8. The third kappa shape index (κ3) is 6.31. The number of nitrogens with zero attached hydrogens (tertiary/aromatic N) is 1. The van der Waals surface area contributed by atoms with E-state index in [1.54, 1.807) is 13.8 Å². The average Bonchev–Trinajstić information content (AvgIpc) is 2.73. The molecule has 174 valence electrons. The van der Waals surface area contributed by atoms with Crippen molar-refractivity contribution in [3.63, 3.8) is 0 Å². The van der Waals surface area contributed by atoms with E-state index in [9.17, 15) is 13.2 Å². The Morgan fingerprint density at radius 2 is 1.61 bits per heavy atom. The van der Waals surface area contributed by atoms with Gasteiger partial charge in [0.1, 0.15) is 0 Å². The van der Waals surface area contributed by atoms with E-state index in [1.807, 2.05) is 80.6 Å². The predicted octanol–water partition coefficient (Wildman–Crippen LogP) is 5.44. The lowest BCUT2D eigenvalue weighted by Crippen LogP contribution is -2.41. The van der Waals surface area contributed by atoms with Crippen LogP contribution in [-0.2, 0) is 21.4 Å². The van der Waals surface area contributed by atoms with Crippen molar-refractivity contribution in [1.82, 2.24) is 9.62 Å². The Morgan fingerprint density at radius 1 is 0.970 bits per heavy atom.